The molecule has 5 nitrogen and oxygen atoms in total. The Bertz CT molecular complexity index is 533. The SMILES string of the molecule is CC(C)C(N)=Nc1ccc2c(c1)C(=O)NC2=O. The molecule has 3 N–H and O–H groups in total. The summed E-state index contributed by atoms with van der Waals surface area (Å²) in [6, 6.07) is 4.83. The molecule has 0 saturated carbocycles. The van der Waals surface area contributed by atoms with Crippen LogP contribution in [0.3, 0.4) is 0 Å². The maximum atomic E-state index is 11.4. The van der Waals surface area contributed by atoms with Crippen LogP contribution in [-0.2, 0) is 0 Å². The van der Waals surface area contributed by atoms with Gasteiger partial charge in [-0.2, -0.15) is 0 Å². The number of fused-ring (bicyclic) bond motifs is 1. The molecule has 0 spiro atoms. The van der Waals surface area contributed by atoms with Gasteiger partial charge in [0, 0.05) is 5.92 Å². The highest BCUT2D eigenvalue weighted by Crippen LogP contribution is 2.22. The number of amides is 2. The van der Waals surface area contributed by atoms with Crippen LogP contribution in [0.15, 0.2) is 23.2 Å². The molecule has 0 radical (unpaired) electrons. The minimum Gasteiger partial charge on any atom is -0.387 e. The van der Waals surface area contributed by atoms with Gasteiger partial charge in [0.1, 0.15) is 5.84 Å². The maximum absolute atomic E-state index is 11.4. The molecule has 0 unspecified atom stereocenters. The average Bonchev–Trinajstić information content (AvgIpc) is 2.54. The van der Waals surface area contributed by atoms with Crippen molar-refractivity contribution in [2.75, 3.05) is 0 Å². The van der Waals surface area contributed by atoms with Gasteiger partial charge in [0.2, 0.25) is 0 Å². The van der Waals surface area contributed by atoms with Crippen molar-refractivity contribution >= 4 is 23.3 Å². The van der Waals surface area contributed by atoms with Gasteiger partial charge in [0.25, 0.3) is 11.8 Å². The molecule has 0 aromatic heterocycles. The lowest BCUT2D eigenvalue weighted by molar-refractivity contribution is 0.0879. The number of rotatable bonds is 2. The van der Waals surface area contributed by atoms with E-state index in [1.807, 2.05) is 13.8 Å². The van der Waals surface area contributed by atoms with Crippen molar-refractivity contribution in [1.29, 1.82) is 0 Å². The summed E-state index contributed by atoms with van der Waals surface area (Å²) >= 11 is 0. The standard InChI is InChI=1S/C12H13N3O2/c1-6(2)10(13)14-7-3-4-8-9(5-7)12(17)15-11(8)16/h3-6H,1-2H3,(H2,13,14)(H,15,16,17). The van der Waals surface area contributed by atoms with E-state index in [9.17, 15) is 9.59 Å². The van der Waals surface area contributed by atoms with E-state index in [0.717, 1.165) is 0 Å². The first kappa shape index (κ1) is 11.3. The van der Waals surface area contributed by atoms with Gasteiger partial charge in [-0.3, -0.25) is 14.9 Å². The highest BCUT2D eigenvalue weighted by atomic mass is 16.2. The van der Waals surface area contributed by atoms with Crippen LogP contribution in [0.25, 0.3) is 0 Å². The third kappa shape index (κ3) is 2.04. The zero-order valence-electron chi connectivity index (χ0n) is 9.65. The Morgan fingerprint density at radius 3 is 2.53 bits per heavy atom. The number of nitrogens with two attached hydrogens (primary N) is 1. The number of nitrogens with one attached hydrogen (secondary N) is 1. The first-order valence-electron chi connectivity index (χ1n) is 5.33. The number of imide groups is 1. The van der Waals surface area contributed by atoms with Crippen molar-refractivity contribution in [3.63, 3.8) is 0 Å². The first-order chi connectivity index (χ1) is 7.99. The Kier molecular flexibility index (Phi) is 2.67. The summed E-state index contributed by atoms with van der Waals surface area (Å²) in [7, 11) is 0. The average molecular weight is 231 g/mol. The number of hydrogen-bond acceptors (Lipinski definition) is 3. The zero-order valence-corrected chi connectivity index (χ0v) is 9.65. The van der Waals surface area contributed by atoms with E-state index in [4.69, 9.17) is 5.73 Å². The molecule has 0 aliphatic carbocycles. The van der Waals surface area contributed by atoms with E-state index in [2.05, 4.69) is 10.3 Å². The van der Waals surface area contributed by atoms with E-state index in [0.29, 0.717) is 22.6 Å². The van der Waals surface area contributed by atoms with E-state index in [1.165, 1.54) is 0 Å². The third-order valence-corrected chi connectivity index (χ3v) is 2.57. The second-order valence-corrected chi connectivity index (χ2v) is 4.20. The van der Waals surface area contributed by atoms with Crippen molar-refractivity contribution in [2.24, 2.45) is 16.6 Å². The van der Waals surface area contributed by atoms with Crippen molar-refractivity contribution in [2.45, 2.75) is 13.8 Å². The summed E-state index contributed by atoms with van der Waals surface area (Å²) in [5.41, 5.74) is 7.06. The molecule has 0 bridgehead atoms. The smallest absolute Gasteiger partial charge is 0.259 e. The number of amidine groups is 1. The number of carbonyl (C=O) groups is 2. The molecule has 5 heteroatoms. The van der Waals surface area contributed by atoms with Gasteiger partial charge in [0.15, 0.2) is 0 Å². The molecule has 1 heterocycles. The highest BCUT2D eigenvalue weighted by Gasteiger charge is 2.26. The summed E-state index contributed by atoms with van der Waals surface area (Å²) in [5.74, 6) is -0.115. The highest BCUT2D eigenvalue weighted by molar-refractivity contribution is 6.21. The molecular formula is C12H13N3O2. The second-order valence-electron chi connectivity index (χ2n) is 4.20. The molecule has 1 aromatic rings. The van der Waals surface area contributed by atoms with Gasteiger partial charge >= 0.3 is 0 Å². The van der Waals surface area contributed by atoms with Crippen LogP contribution in [0.5, 0.6) is 0 Å². The monoisotopic (exact) mass is 231 g/mol. The molecule has 1 aliphatic heterocycles. The van der Waals surface area contributed by atoms with Gasteiger partial charge in [-0.25, -0.2) is 4.99 Å². The lowest BCUT2D eigenvalue weighted by atomic mass is 10.1. The Morgan fingerprint density at radius 2 is 1.88 bits per heavy atom. The van der Waals surface area contributed by atoms with Crippen molar-refractivity contribution in [3.8, 4) is 0 Å². The van der Waals surface area contributed by atoms with Gasteiger partial charge in [-0.05, 0) is 18.2 Å². The molecule has 2 rings (SSSR count). The minimum absolute atomic E-state index is 0.138. The van der Waals surface area contributed by atoms with Crippen LogP contribution < -0.4 is 11.1 Å². The van der Waals surface area contributed by atoms with Gasteiger partial charge in [0.05, 0.1) is 16.8 Å². The fraction of sp³-hybridized carbons (Fsp3) is 0.250. The lowest BCUT2D eigenvalue weighted by Gasteiger charge is -2.04. The summed E-state index contributed by atoms with van der Waals surface area (Å²) in [4.78, 5) is 27.0. The summed E-state index contributed by atoms with van der Waals surface area (Å²) in [6.45, 7) is 3.87. The second kappa shape index (κ2) is 4.01. The minimum atomic E-state index is -0.384. The quantitative estimate of drug-likeness (QED) is 0.456. The van der Waals surface area contributed by atoms with Gasteiger partial charge in [-0.1, -0.05) is 13.8 Å². The van der Waals surface area contributed by atoms with Crippen molar-refractivity contribution in [3.05, 3.63) is 29.3 Å². The number of hydrogen-bond donors (Lipinski definition) is 2. The van der Waals surface area contributed by atoms with Crippen molar-refractivity contribution < 1.29 is 9.59 Å². The molecule has 0 saturated heterocycles. The third-order valence-electron chi connectivity index (χ3n) is 2.57. The van der Waals surface area contributed by atoms with Crippen LogP contribution in [0.1, 0.15) is 34.6 Å². The topological polar surface area (TPSA) is 84.5 Å². The fourth-order valence-corrected chi connectivity index (χ4v) is 1.50. The zero-order chi connectivity index (χ0) is 12.6. The maximum Gasteiger partial charge on any atom is 0.259 e. The normalized spacial score (nSPS) is 15.1. The van der Waals surface area contributed by atoms with E-state index in [1.54, 1.807) is 18.2 Å². The van der Waals surface area contributed by atoms with E-state index < -0.39 is 0 Å². The Hall–Kier alpha value is -2.17. The number of aliphatic imine (C=N–C) groups is 1. The number of carbonyl (C=O) groups excluding carboxylic acids is 2. The largest absolute Gasteiger partial charge is 0.387 e. The Balaban J connectivity index is 2.42. The lowest BCUT2D eigenvalue weighted by Crippen LogP contribution is -2.19. The molecule has 2 amide bonds. The first-order valence-corrected chi connectivity index (χ1v) is 5.33. The molecule has 88 valence electrons. The molecule has 1 aliphatic rings. The van der Waals surface area contributed by atoms with Gasteiger partial charge < -0.3 is 5.73 Å². The Morgan fingerprint density at radius 1 is 1.24 bits per heavy atom. The number of nitrogens with zero attached hydrogens (tertiary/aromatic N) is 1. The molecular weight excluding hydrogens is 218 g/mol. The predicted molar refractivity (Wildman–Crippen MR) is 64.4 cm³/mol. The molecule has 17 heavy (non-hydrogen) atoms. The predicted octanol–water partition coefficient (Wildman–Crippen LogP) is 1.21. The van der Waals surface area contributed by atoms with Gasteiger partial charge in [-0.15, -0.1) is 0 Å². The van der Waals surface area contributed by atoms with Crippen LogP contribution in [0.4, 0.5) is 5.69 Å². The van der Waals surface area contributed by atoms with E-state index >= 15 is 0 Å². The summed E-state index contributed by atoms with van der Waals surface area (Å²) in [5, 5.41) is 2.23. The Labute approximate surface area is 98.7 Å². The van der Waals surface area contributed by atoms with Crippen LogP contribution in [0.2, 0.25) is 0 Å². The van der Waals surface area contributed by atoms with Crippen molar-refractivity contribution in [1.82, 2.24) is 5.32 Å². The molecule has 0 atom stereocenters. The molecule has 1 aromatic carbocycles. The number of benzene rings is 1. The van der Waals surface area contributed by atoms with E-state index in [-0.39, 0.29) is 17.7 Å². The summed E-state index contributed by atoms with van der Waals surface area (Å²) in [6.07, 6.45) is 0. The molecule has 0 fully saturated rings. The fourth-order valence-electron chi connectivity index (χ4n) is 1.50. The van der Waals surface area contributed by atoms with Crippen LogP contribution in [0, 0.1) is 5.92 Å². The van der Waals surface area contributed by atoms with Crippen LogP contribution in [-0.4, -0.2) is 17.6 Å². The van der Waals surface area contributed by atoms with Crippen LogP contribution >= 0.6 is 0 Å². The summed E-state index contributed by atoms with van der Waals surface area (Å²) < 4.78 is 0.